The van der Waals surface area contributed by atoms with Gasteiger partial charge in [0, 0.05) is 16.6 Å². The molecule has 2 heterocycles. The number of halogens is 1. The van der Waals surface area contributed by atoms with Crippen LogP contribution < -0.4 is 5.32 Å². The van der Waals surface area contributed by atoms with Gasteiger partial charge in [-0.05, 0) is 17.7 Å². The predicted octanol–water partition coefficient (Wildman–Crippen LogP) is 2.96. The summed E-state index contributed by atoms with van der Waals surface area (Å²) in [6.07, 6.45) is 0.445. The van der Waals surface area contributed by atoms with Gasteiger partial charge in [-0.15, -0.1) is 11.3 Å². The zero-order valence-electron chi connectivity index (χ0n) is 8.16. The molecule has 2 aromatic rings. The Morgan fingerprint density at radius 1 is 1.44 bits per heavy atom. The third-order valence-electron chi connectivity index (χ3n) is 2.50. The first-order valence-corrected chi connectivity index (χ1v) is 6.02. The normalized spacial score (nSPS) is 13.7. The van der Waals surface area contributed by atoms with Crippen LogP contribution in [0.3, 0.4) is 0 Å². The molecule has 0 spiro atoms. The van der Waals surface area contributed by atoms with Crippen molar-refractivity contribution in [3.05, 3.63) is 33.6 Å². The molecule has 1 aliphatic heterocycles. The van der Waals surface area contributed by atoms with E-state index in [4.69, 9.17) is 11.6 Å². The number of anilines is 1. The van der Waals surface area contributed by atoms with E-state index in [0.29, 0.717) is 10.9 Å². The van der Waals surface area contributed by atoms with Crippen molar-refractivity contribution < 1.29 is 4.79 Å². The number of nitrogens with one attached hydrogen (secondary N) is 1. The van der Waals surface area contributed by atoms with E-state index in [9.17, 15) is 4.79 Å². The minimum Gasteiger partial charge on any atom is -0.326 e. The molecular formula is C11H7ClN2OS. The SMILES string of the molecule is O=C1Cc2cc(-c3csc(Cl)n3)ccc2N1. The molecule has 0 fully saturated rings. The van der Waals surface area contributed by atoms with Crippen LogP contribution in [0.4, 0.5) is 5.69 Å². The van der Waals surface area contributed by atoms with Gasteiger partial charge in [0.05, 0.1) is 12.1 Å². The van der Waals surface area contributed by atoms with Crippen molar-refractivity contribution in [2.45, 2.75) is 6.42 Å². The topological polar surface area (TPSA) is 42.0 Å². The largest absolute Gasteiger partial charge is 0.326 e. The van der Waals surface area contributed by atoms with Crippen LogP contribution in [0.2, 0.25) is 4.47 Å². The number of nitrogens with zero attached hydrogens (tertiary/aromatic N) is 1. The molecule has 16 heavy (non-hydrogen) atoms. The molecule has 1 aromatic heterocycles. The molecule has 0 saturated carbocycles. The van der Waals surface area contributed by atoms with Crippen LogP contribution in [-0.2, 0) is 11.2 Å². The molecule has 1 aromatic carbocycles. The molecule has 0 atom stereocenters. The van der Waals surface area contributed by atoms with Crippen LogP contribution >= 0.6 is 22.9 Å². The van der Waals surface area contributed by atoms with Crippen LogP contribution in [0.25, 0.3) is 11.3 Å². The fourth-order valence-electron chi connectivity index (χ4n) is 1.77. The smallest absolute Gasteiger partial charge is 0.228 e. The first-order chi connectivity index (χ1) is 7.72. The van der Waals surface area contributed by atoms with Gasteiger partial charge in [-0.25, -0.2) is 4.98 Å². The molecule has 0 radical (unpaired) electrons. The van der Waals surface area contributed by atoms with Gasteiger partial charge in [0.15, 0.2) is 4.47 Å². The second-order valence-corrected chi connectivity index (χ2v) is 5.02. The van der Waals surface area contributed by atoms with Crippen molar-refractivity contribution in [1.82, 2.24) is 4.98 Å². The summed E-state index contributed by atoms with van der Waals surface area (Å²) in [6.45, 7) is 0. The molecule has 3 nitrogen and oxygen atoms in total. The Labute approximate surface area is 101 Å². The highest BCUT2D eigenvalue weighted by Crippen LogP contribution is 2.30. The third kappa shape index (κ3) is 1.60. The maximum atomic E-state index is 11.2. The Bertz CT molecular complexity index is 579. The molecule has 0 unspecified atom stereocenters. The van der Waals surface area contributed by atoms with Gasteiger partial charge in [0.1, 0.15) is 0 Å². The van der Waals surface area contributed by atoms with Crippen molar-refractivity contribution in [1.29, 1.82) is 0 Å². The van der Waals surface area contributed by atoms with Gasteiger partial charge in [0.2, 0.25) is 5.91 Å². The lowest BCUT2D eigenvalue weighted by Gasteiger charge is -2.00. The van der Waals surface area contributed by atoms with Crippen LogP contribution in [0.15, 0.2) is 23.6 Å². The summed E-state index contributed by atoms with van der Waals surface area (Å²) >= 11 is 7.20. The molecule has 1 N–H and O–H groups in total. The van der Waals surface area contributed by atoms with Crippen molar-refractivity contribution in [3.8, 4) is 11.3 Å². The number of carbonyl (C=O) groups excluding carboxylic acids is 1. The van der Waals surface area contributed by atoms with Gasteiger partial charge >= 0.3 is 0 Å². The van der Waals surface area contributed by atoms with E-state index < -0.39 is 0 Å². The number of benzene rings is 1. The van der Waals surface area contributed by atoms with Gasteiger partial charge in [-0.2, -0.15) is 0 Å². The zero-order valence-corrected chi connectivity index (χ0v) is 9.73. The summed E-state index contributed by atoms with van der Waals surface area (Å²) in [4.78, 5) is 15.4. The number of hydrogen-bond donors (Lipinski definition) is 1. The van der Waals surface area contributed by atoms with Crippen LogP contribution in [-0.4, -0.2) is 10.9 Å². The Kier molecular flexibility index (Phi) is 2.19. The number of amides is 1. The number of aromatic nitrogens is 1. The number of carbonyl (C=O) groups is 1. The zero-order chi connectivity index (χ0) is 11.1. The van der Waals surface area contributed by atoms with Gasteiger partial charge < -0.3 is 5.32 Å². The molecule has 0 saturated heterocycles. The number of thiazole rings is 1. The van der Waals surface area contributed by atoms with E-state index in [1.54, 1.807) is 0 Å². The summed E-state index contributed by atoms with van der Waals surface area (Å²) in [6, 6.07) is 5.83. The lowest BCUT2D eigenvalue weighted by Crippen LogP contribution is -2.03. The van der Waals surface area contributed by atoms with E-state index in [2.05, 4.69) is 10.3 Å². The standard InChI is InChI=1S/C11H7ClN2OS/c12-11-14-9(5-16-11)6-1-2-8-7(3-6)4-10(15)13-8/h1-3,5H,4H2,(H,13,15). The molecule has 3 rings (SSSR count). The summed E-state index contributed by atoms with van der Waals surface area (Å²) in [7, 11) is 0. The van der Waals surface area contributed by atoms with Crippen molar-refractivity contribution in [3.63, 3.8) is 0 Å². The van der Waals surface area contributed by atoms with Crippen LogP contribution in [0.1, 0.15) is 5.56 Å². The number of fused-ring (bicyclic) bond motifs is 1. The van der Waals surface area contributed by atoms with Crippen molar-refractivity contribution >= 4 is 34.5 Å². The molecule has 1 amide bonds. The van der Waals surface area contributed by atoms with Crippen molar-refractivity contribution in [2.75, 3.05) is 5.32 Å². The average Bonchev–Trinajstić information content (AvgIpc) is 2.81. The highest BCUT2D eigenvalue weighted by atomic mass is 35.5. The molecule has 80 valence electrons. The lowest BCUT2D eigenvalue weighted by molar-refractivity contribution is -0.115. The van der Waals surface area contributed by atoms with E-state index >= 15 is 0 Å². The summed E-state index contributed by atoms with van der Waals surface area (Å²) in [5.74, 6) is 0.0449. The second kappa shape index (κ2) is 3.57. The summed E-state index contributed by atoms with van der Waals surface area (Å²) < 4.78 is 0.532. The maximum absolute atomic E-state index is 11.2. The number of hydrogen-bond acceptors (Lipinski definition) is 3. The minimum absolute atomic E-state index is 0.0449. The molecule has 5 heteroatoms. The summed E-state index contributed by atoms with van der Waals surface area (Å²) in [5.41, 5.74) is 3.78. The third-order valence-corrected chi connectivity index (χ3v) is 3.48. The highest BCUT2D eigenvalue weighted by molar-refractivity contribution is 7.14. The van der Waals surface area contributed by atoms with Crippen molar-refractivity contribution in [2.24, 2.45) is 0 Å². The van der Waals surface area contributed by atoms with Crippen LogP contribution in [0.5, 0.6) is 0 Å². The fraction of sp³-hybridized carbons (Fsp3) is 0.0909. The average molecular weight is 251 g/mol. The van der Waals surface area contributed by atoms with E-state index in [1.165, 1.54) is 11.3 Å². The van der Waals surface area contributed by atoms with Gasteiger partial charge in [-0.3, -0.25) is 4.79 Å². The number of rotatable bonds is 1. The highest BCUT2D eigenvalue weighted by Gasteiger charge is 2.18. The second-order valence-electron chi connectivity index (χ2n) is 3.58. The first-order valence-electron chi connectivity index (χ1n) is 4.76. The summed E-state index contributed by atoms with van der Waals surface area (Å²) in [5, 5.41) is 4.71. The monoisotopic (exact) mass is 250 g/mol. The van der Waals surface area contributed by atoms with E-state index in [1.807, 2.05) is 23.6 Å². The molecule has 0 bridgehead atoms. The first kappa shape index (κ1) is 9.81. The van der Waals surface area contributed by atoms with Gasteiger partial charge in [-0.1, -0.05) is 17.7 Å². The molecular weight excluding hydrogens is 244 g/mol. The Balaban J connectivity index is 2.05. The van der Waals surface area contributed by atoms with E-state index in [-0.39, 0.29) is 5.91 Å². The quantitative estimate of drug-likeness (QED) is 0.846. The van der Waals surface area contributed by atoms with Crippen LogP contribution in [0, 0.1) is 0 Å². The fourth-order valence-corrected chi connectivity index (χ4v) is 2.55. The van der Waals surface area contributed by atoms with E-state index in [0.717, 1.165) is 22.5 Å². The molecule has 1 aliphatic rings. The van der Waals surface area contributed by atoms with Gasteiger partial charge in [0.25, 0.3) is 0 Å². The predicted molar refractivity (Wildman–Crippen MR) is 64.9 cm³/mol. The molecule has 0 aliphatic carbocycles. The Morgan fingerprint density at radius 2 is 2.31 bits per heavy atom. The maximum Gasteiger partial charge on any atom is 0.228 e. The Hall–Kier alpha value is -1.39. The Morgan fingerprint density at radius 3 is 3.06 bits per heavy atom. The lowest BCUT2D eigenvalue weighted by atomic mass is 10.1. The minimum atomic E-state index is 0.0449.